The largest absolute Gasteiger partial charge is 0.299 e. The summed E-state index contributed by atoms with van der Waals surface area (Å²) < 4.78 is 12.5. The van der Waals surface area contributed by atoms with Crippen LogP contribution in [0.1, 0.15) is 25.3 Å². The van der Waals surface area contributed by atoms with Crippen LogP contribution in [0.3, 0.4) is 0 Å². The predicted octanol–water partition coefficient (Wildman–Crippen LogP) is 1.84. The van der Waals surface area contributed by atoms with E-state index in [1.807, 2.05) is 0 Å². The Morgan fingerprint density at radius 2 is 2.23 bits per heavy atom. The zero-order valence-electron chi connectivity index (χ0n) is 7.38. The van der Waals surface area contributed by atoms with Crippen molar-refractivity contribution in [3.05, 3.63) is 29.8 Å². The molecule has 1 aliphatic rings. The van der Waals surface area contributed by atoms with Crippen molar-refractivity contribution in [1.29, 1.82) is 0 Å². The second kappa shape index (κ2) is 2.62. The molecule has 1 aliphatic carbocycles. The number of carbonyl (C=O) groups is 1. The van der Waals surface area contributed by atoms with Gasteiger partial charge in [-0.1, -0.05) is 6.07 Å². The van der Waals surface area contributed by atoms with Crippen LogP contribution in [0.2, 0.25) is 0 Å². The summed E-state index contributed by atoms with van der Waals surface area (Å²) in [5, 5.41) is 0. The number of aromatic nitrogens is 1. The first kappa shape index (κ1) is 8.35. The molecule has 0 N–H and O–H groups in total. The van der Waals surface area contributed by atoms with E-state index in [1.165, 1.54) is 12.3 Å². The number of carbonyl (C=O) groups excluding carboxylic acids is 1. The van der Waals surface area contributed by atoms with E-state index >= 15 is 0 Å². The van der Waals surface area contributed by atoms with E-state index in [0.29, 0.717) is 0 Å². The Morgan fingerprint density at radius 1 is 1.54 bits per heavy atom. The van der Waals surface area contributed by atoms with Crippen molar-refractivity contribution in [2.75, 3.05) is 0 Å². The van der Waals surface area contributed by atoms with Crippen LogP contribution in [0.4, 0.5) is 4.39 Å². The fourth-order valence-corrected chi connectivity index (χ4v) is 1.63. The van der Waals surface area contributed by atoms with Gasteiger partial charge >= 0.3 is 0 Å². The molecule has 0 radical (unpaired) electrons. The smallest absolute Gasteiger partial charge is 0.212 e. The average molecular weight is 179 g/mol. The third kappa shape index (κ3) is 1.24. The number of hydrogen-bond acceptors (Lipinski definition) is 2. The van der Waals surface area contributed by atoms with Gasteiger partial charge in [-0.05, 0) is 31.4 Å². The molecule has 1 aromatic rings. The summed E-state index contributed by atoms with van der Waals surface area (Å²) in [5.74, 6) is -0.344. The SMILES string of the molecule is CC(=O)C1(c2ccc(F)nc2)CC1. The van der Waals surface area contributed by atoms with Crippen molar-refractivity contribution in [3.8, 4) is 0 Å². The summed E-state index contributed by atoms with van der Waals surface area (Å²) in [7, 11) is 0. The Hall–Kier alpha value is -1.25. The highest BCUT2D eigenvalue weighted by Gasteiger charge is 2.48. The molecule has 0 bridgehead atoms. The summed E-state index contributed by atoms with van der Waals surface area (Å²) >= 11 is 0. The minimum Gasteiger partial charge on any atom is -0.299 e. The van der Waals surface area contributed by atoms with Gasteiger partial charge in [0.15, 0.2) is 0 Å². The monoisotopic (exact) mass is 179 g/mol. The van der Waals surface area contributed by atoms with E-state index in [9.17, 15) is 9.18 Å². The number of rotatable bonds is 2. The third-order valence-corrected chi connectivity index (χ3v) is 2.70. The van der Waals surface area contributed by atoms with Crippen LogP contribution >= 0.6 is 0 Å². The van der Waals surface area contributed by atoms with Crippen molar-refractivity contribution in [1.82, 2.24) is 4.98 Å². The fraction of sp³-hybridized carbons (Fsp3) is 0.400. The first-order chi connectivity index (χ1) is 6.15. The number of Topliss-reactive ketones (excluding diaryl/α,β-unsaturated/α-hetero) is 1. The molecule has 0 unspecified atom stereocenters. The topological polar surface area (TPSA) is 30.0 Å². The molecule has 0 aliphatic heterocycles. The van der Waals surface area contributed by atoms with Gasteiger partial charge in [-0.3, -0.25) is 4.79 Å². The molecule has 0 spiro atoms. The zero-order chi connectivity index (χ0) is 9.47. The van der Waals surface area contributed by atoms with Gasteiger partial charge in [0, 0.05) is 6.20 Å². The molecular formula is C10H10FNO. The average Bonchev–Trinajstić information content (AvgIpc) is 2.86. The zero-order valence-corrected chi connectivity index (χ0v) is 7.38. The third-order valence-electron chi connectivity index (χ3n) is 2.70. The number of pyridine rings is 1. The standard InChI is InChI=1S/C10H10FNO/c1-7(13)10(4-5-10)8-2-3-9(11)12-6-8/h2-3,6H,4-5H2,1H3. The Morgan fingerprint density at radius 3 is 2.62 bits per heavy atom. The van der Waals surface area contributed by atoms with Gasteiger partial charge in [-0.25, -0.2) is 4.98 Å². The van der Waals surface area contributed by atoms with Crippen LogP contribution in [-0.2, 0) is 10.2 Å². The van der Waals surface area contributed by atoms with Crippen LogP contribution in [0.25, 0.3) is 0 Å². The molecular weight excluding hydrogens is 169 g/mol. The van der Waals surface area contributed by atoms with E-state index in [1.54, 1.807) is 13.0 Å². The molecule has 3 heteroatoms. The normalized spacial score (nSPS) is 18.3. The van der Waals surface area contributed by atoms with Crippen molar-refractivity contribution < 1.29 is 9.18 Å². The van der Waals surface area contributed by atoms with Crippen molar-refractivity contribution in [2.24, 2.45) is 0 Å². The van der Waals surface area contributed by atoms with Crippen molar-refractivity contribution in [2.45, 2.75) is 25.2 Å². The Labute approximate surface area is 75.8 Å². The number of ketones is 1. The van der Waals surface area contributed by atoms with E-state index < -0.39 is 5.95 Å². The van der Waals surface area contributed by atoms with Gasteiger partial charge < -0.3 is 0 Å². The van der Waals surface area contributed by atoms with Crippen LogP contribution < -0.4 is 0 Å². The number of halogens is 1. The molecule has 1 heterocycles. The predicted molar refractivity (Wildman–Crippen MR) is 45.8 cm³/mol. The van der Waals surface area contributed by atoms with Crippen LogP contribution in [-0.4, -0.2) is 10.8 Å². The second-order valence-corrected chi connectivity index (χ2v) is 3.51. The molecule has 0 saturated heterocycles. The number of hydrogen-bond donors (Lipinski definition) is 0. The van der Waals surface area contributed by atoms with E-state index in [2.05, 4.69) is 4.98 Å². The summed E-state index contributed by atoms with van der Waals surface area (Å²) in [5.41, 5.74) is 0.516. The fourth-order valence-electron chi connectivity index (χ4n) is 1.63. The Bertz CT molecular complexity index is 340. The molecule has 13 heavy (non-hydrogen) atoms. The van der Waals surface area contributed by atoms with Crippen LogP contribution in [0.5, 0.6) is 0 Å². The first-order valence-corrected chi connectivity index (χ1v) is 4.28. The maximum Gasteiger partial charge on any atom is 0.212 e. The van der Waals surface area contributed by atoms with Crippen LogP contribution in [0, 0.1) is 5.95 Å². The van der Waals surface area contributed by atoms with Crippen molar-refractivity contribution in [3.63, 3.8) is 0 Å². The minimum atomic E-state index is -0.497. The summed E-state index contributed by atoms with van der Waals surface area (Å²) in [6.07, 6.45) is 3.20. The van der Waals surface area contributed by atoms with Gasteiger partial charge in [-0.2, -0.15) is 4.39 Å². The lowest BCUT2D eigenvalue weighted by Crippen LogP contribution is -2.17. The Balaban J connectivity index is 2.36. The molecule has 2 rings (SSSR count). The molecule has 0 atom stereocenters. The highest BCUT2D eigenvalue weighted by Crippen LogP contribution is 2.48. The van der Waals surface area contributed by atoms with Crippen LogP contribution in [0.15, 0.2) is 18.3 Å². The van der Waals surface area contributed by atoms with Crippen molar-refractivity contribution >= 4 is 5.78 Å². The molecule has 1 aromatic heterocycles. The molecule has 0 aromatic carbocycles. The lowest BCUT2D eigenvalue weighted by atomic mass is 9.94. The molecule has 0 amide bonds. The molecule has 1 fully saturated rings. The maximum absolute atomic E-state index is 12.5. The lowest BCUT2D eigenvalue weighted by Gasteiger charge is -2.09. The lowest BCUT2D eigenvalue weighted by molar-refractivity contribution is -0.119. The summed E-state index contributed by atoms with van der Waals surface area (Å²) in [4.78, 5) is 14.8. The van der Waals surface area contributed by atoms with E-state index in [4.69, 9.17) is 0 Å². The van der Waals surface area contributed by atoms with Gasteiger partial charge in [0.25, 0.3) is 0 Å². The second-order valence-electron chi connectivity index (χ2n) is 3.51. The molecule has 1 saturated carbocycles. The summed E-state index contributed by atoms with van der Waals surface area (Å²) in [6, 6.07) is 2.95. The quantitative estimate of drug-likeness (QED) is 0.648. The molecule has 2 nitrogen and oxygen atoms in total. The summed E-state index contributed by atoms with van der Waals surface area (Å²) in [6.45, 7) is 1.58. The Kier molecular flexibility index (Phi) is 1.68. The highest BCUT2D eigenvalue weighted by molar-refractivity contribution is 5.90. The van der Waals surface area contributed by atoms with Gasteiger partial charge in [0.05, 0.1) is 5.41 Å². The van der Waals surface area contributed by atoms with E-state index in [0.717, 1.165) is 18.4 Å². The van der Waals surface area contributed by atoms with E-state index in [-0.39, 0.29) is 11.2 Å². The highest BCUT2D eigenvalue weighted by atomic mass is 19.1. The minimum absolute atomic E-state index is 0.154. The maximum atomic E-state index is 12.5. The van der Waals surface area contributed by atoms with Gasteiger partial charge in [-0.15, -0.1) is 0 Å². The first-order valence-electron chi connectivity index (χ1n) is 4.28. The van der Waals surface area contributed by atoms with Gasteiger partial charge in [0.1, 0.15) is 5.78 Å². The van der Waals surface area contributed by atoms with Gasteiger partial charge in [0.2, 0.25) is 5.95 Å². The number of nitrogens with zero attached hydrogens (tertiary/aromatic N) is 1. The molecule has 68 valence electrons.